The summed E-state index contributed by atoms with van der Waals surface area (Å²) in [7, 11) is 0. The van der Waals surface area contributed by atoms with Gasteiger partial charge in [-0.15, -0.1) is 0 Å². The standard InChI is InChI=1S/C20H19N3O2S/c1-2-5-19(25)23-15-10-8-14(9-11-15)18(24)12-26-20-16-6-3-4-7-17(16)21-13-22-20/h3-4,6-11,13H,2,5,12H2,1H3,(H,23,25). The van der Waals surface area contributed by atoms with Crippen LogP contribution in [0.15, 0.2) is 59.9 Å². The zero-order valence-electron chi connectivity index (χ0n) is 14.4. The molecule has 0 spiro atoms. The number of anilines is 1. The van der Waals surface area contributed by atoms with Gasteiger partial charge in [0, 0.05) is 23.1 Å². The van der Waals surface area contributed by atoms with Crippen LogP contribution in [0.25, 0.3) is 10.9 Å². The monoisotopic (exact) mass is 365 g/mol. The largest absolute Gasteiger partial charge is 0.326 e. The van der Waals surface area contributed by atoms with Gasteiger partial charge in [-0.25, -0.2) is 9.97 Å². The lowest BCUT2D eigenvalue weighted by Gasteiger charge is -2.06. The van der Waals surface area contributed by atoms with Crippen LogP contribution >= 0.6 is 11.8 Å². The molecule has 0 saturated carbocycles. The molecule has 1 heterocycles. The van der Waals surface area contributed by atoms with Gasteiger partial charge in [0.25, 0.3) is 0 Å². The molecule has 0 aliphatic rings. The number of amides is 1. The summed E-state index contributed by atoms with van der Waals surface area (Å²) in [5.74, 6) is 0.296. The normalized spacial score (nSPS) is 10.7. The van der Waals surface area contributed by atoms with Crippen molar-refractivity contribution >= 4 is 40.0 Å². The first-order valence-corrected chi connectivity index (χ1v) is 9.41. The van der Waals surface area contributed by atoms with E-state index >= 15 is 0 Å². The highest BCUT2D eigenvalue weighted by Crippen LogP contribution is 2.25. The summed E-state index contributed by atoms with van der Waals surface area (Å²) in [4.78, 5) is 32.6. The Kier molecular flexibility index (Phi) is 5.96. The van der Waals surface area contributed by atoms with E-state index in [1.165, 1.54) is 18.1 Å². The summed E-state index contributed by atoms with van der Waals surface area (Å²) in [6.07, 6.45) is 2.81. The summed E-state index contributed by atoms with van der Waals surface area (Å²) < 4.78 is 0. The van der Waals surface area contributed by atoms with Crippen molar-refractivity contribution in [3.8, 4) is 0 Å². The first-order valence-electron chi connectivity index (χ1n) is 8.43. The van der Waals surface area contributed by atoms with Gasteiger partial charge in [-0.1, -0.05) is 36.9 Å². The molecule has 0 atom stereocenters. The molecule has 0 bridgehead atoms. The fourth-order valence-electron chi connectivity index (χ4n) is 2.50. The predicted octanol–water partition coefficient (Wildman–Crippen LogP) is 4.34. The number of carbonyl (C=O) groups excluding carboxylic acids is 2. The first kappa shape index (κ1) is 18.1. The van der Waals surface area contributed by atoms with Gasteiger partial charge in [0.15, 0.2) is 5.78 Å². The van der Waals surface area contributed by atoms with Crippen LogP contribution < -0.4 is 5.32 Å². The van der Waals surface area contributed by atoms with E-state index in [2.05, 4.69) is 15.3 Å². The molecule has 0 aliphatic heterocycles. The summed E-state index contributed by atoms with van der Waals surface area (Å²) in [6, 6.07) is 14.7. The lowest BCUT2D eigenvalue weighted by molar-refractivity contribution is -0.116. The molecule has 1 aromatic heterocycles. The average Bonchev–Trinajstić information content (AvgIpc) is 2.67. The number of Topliss-reactive ketones (excluding diaryl/α,β-unsaturated/α-hetero) is 1. The fourth-order valence-corrected chi connectivity index (χ4v) is 3.39. The molecule has 0 aliphatic carbocycles. The summed E-state index contributed by atoms with van der Waals surface area (Å²) >= 11 is 1.40. The molecule has 3 rings (SSSR count). The second-order valence-corrected chi connectivity index (χ2v) is 6.75. The van der Waals surface area contributed by atoms with Gasteiger partial charge in [0.05, 0.1) is 11.3 Å². The molecule has 5 nitrogen and oxygen atoms in total. The van der Waals surface area contributed by atoms with Crippen molar-refractivity contribution in [2.45, 2.75) is 24.8 Å². The molecule has 26 heavy (non-hydrogen) atoms. The summed E-state index contributed by atoms with van der Waals surface area (Å²) in [5.41, 5.74) is 2.18. The van der Waals surface area contributed by atoms with Gasteiger partial charge in [-0.3, -0.25) is 9.59 Å². The van der Waals surface area contributed by atoms with Crippen LogP contribution in [-0.2, 0) is 4.79 Å². The van der Waals surface area contributed by atoms with Gasteiger partial charge in [-0.2, -0.15) is 0 Å². The van der Waals surface area contributed by atoms with Gasteiger partial charge in [0.2, 0.25) is 5.91 Å². The highest BCUT2D eigenvalue weighted by atomic mass is 32.2. The molecular weight excluding hydrogens is 346 g/mol. The zero-order valence-corrected chi connectivity index (χ0v) is 15.3. The second kappa shape index (κ2) is 8.58. The SMILES string of the molecule is CCCC(=O)Nc1ccc(C(=O)CSc2ncnc3ccccc23)cc1. The molecule has 6 heteroatoms. The van der Waals surface area contributed by atoms with Gasteiger partial charge >= 0.3 is 0 Å². The molecule has 0 fully saturated rings. The number of hydrogen-bond donors (Lipinski definition) is 1. The highest BCUT2D eigenvalue weighted by molar-refractivity contribution is 8.00. The molecule has 2 aromatic carbocycles. The van der Waals surface area contributed by atoms with Gasteiger partial charge in [-0.05, 0) is 36.8 Å². The number of thioether (sulfide) groups is 1. The number of nitrogens with zero attached hydrogens (tertiary/aromatic N) is 2. The molecule has 0 unspecified atom stereocenters. The zero-order chi connectivity index (χ0) is 18.4. The molecular formula is C20H19N3O2S. The van der Waals surface area contributed by atoms with E-state index in [1.54, 1.807) is 24.3 Å². The van der Waals surface area contributed by atoms with E-state index in [-0.39, 0.29) is 11.7 Å². The average molecular weight is 365 g/mol. The van der Waals surface area contributed by atoms with E-state index < -0.39 is 0 Å². The Morgan fingerprint density at radius 2 is 1.81 bits per heavy atom. The van der Waals surface area contributed by atoms with Crippen LogP contribution in [0.3, 0.4) is 0 Å². The summed E-state index contributed by atoms with van der Waals surface area (Å²) in [5, 5.41) is 4.56. The van der Waals surface area contributed by atoms with Crippen molar-refractivity contribution in [2.24, 2.45) is 0 Å². The molecule has 1 N–H and O–H groups in total. The van der Waals surface area contributed by atoms with Crippen LogP contribution in [0, 0.1) is 0 Å². The Hall–Kier alpha value is -2.73. The maximum Gasteiger partial charge on any atom is 0.224 e. The minimum Gasteiger partial charge on any atom is -0.326 e. The maximum absolute atomic E-state index is 12.4. The Labute approximate surface area is 156 Å². The second-order valence-electron chi connectivity index (χ2n) is 5.78. The van der Waals surface area contributed by atoms with Crippen molar-refractivity contribution in [3.05, 3.63) is 60.4 Å². The number of aromatic nitrogens is 2. The minimum atomic E-state index is -0.0160. The summed E-state index contributed by atoms with van der Waals surface area (Å²) in [6.45, 7) is 1.96. The number of ketones is 1. The van der Waals surface area contributed by atoms with E-state index in [0.717, 1.165) is 22.3 Å². The highest BCUT2D eigenvalue weighted by Gasteiger charge is 2.10. The van der Waals surface area contributed by atoms with Gasteiger partial charge in [0.1, 0.15) is 11.4 Å². The van der Waals surface area contributed by atoms with E-state index in [9.17, 15) is 9.59 Å². The first-order chi connectivity index (χ1) is 12.7. The molecule has 0 radical (unpaired) electrons. The van der Waals surface area contributed by atoms with Crippen LogP contribution in [0.4, 0.5) is 5.69 Å². The number of hydrogen-bond acceptors (Lipinski definition) is 5. The number of rotatable bonds is 7. The fraction of sp³-hybridized carbons (Fsp3) is 0.200. The van der Waals surface area contributed by atoms with E-state index in [4.69, 9.17) is 0 Å². The number of benzene rings is 2. The third kappa shape index (κ3) is 4.46. The third-order valence-electron chi connectivity index (χ3n) is 3.81. The van der Waals surface area contributed by atoms with Crippen molar-refractivity contribution in [1.82, 2.24) is 9.97 Å². The van der Waals surface area contributed by atoms with Crippen LogP contribution in [0.2, 0.25) is 0 Å². The number of para-hydroxylation sites is 1. The lowest BCUT2D eigenvalue weighted by Crippen LogP contribution is -2.10. The topological polar surface area (TPSA) is 72.0 Å². The van der Waals surface area contributed by atoms with Gasteiger partial charge < -0.3 is 5.32 Å². The van der Waals surface area contributed by atoms with Crippen molar-refractivity contribution in [3.63, 3.8) is 0 Å². The van der Waals surface area contributed by atoms with Crippen molar-refractivity contribution in [2.75, 3.05) is 11.1 Å². The number of carbonyl (C=O) groups is 2. The quantitative estimate of drug-likeness (QED) is 0.383. The van der Waals surface area contributed by atoms with Crippen LogP contribution in [0.5, 0.6) is 0 Å². The van der Waals surface area contributed by atoms with Crippen molar-refractivity contribution in [1.29, 1.82) is 0 Å². The third-order valence-corrected chi connectivity index (χ3v) is 4.82. The lowest BCUT2D eigenvalue weighted by atomic mass is 10.1. The van der Waals surface area contributed by atoms with E-state index in [1.807, 2.05) is 31.2 Å². The van der Waals surface area contributed by atoms with Crippen LogP contribution in [0.1, 0.15) is 30.1 Å². The van der Waals surface area contributed by atoms with Crippen LogP contribution in [-0.4, -0.2) is 27.4 Å². The Balaban J connectivity index is 1.64. The smallest absolute Gasteiger partial charge is 0.224 e. The Morgan fingerprint density at radius 1 is 1.04 bits per heavy atom. The van der Waals surface area contributed by atoms with E-state index in [0.29, 0.717) is 23.4 Å². The predicted molar refractivity (Wildman–Crippen MR) is 105 cm³/mol. The molecule has 0 saturated heterocycles. The van der Waals surface area contributed by atoms with Crippen molar-refractivity contribution < 1.29 is 9.59 Å². The molecule has 3 aromatic rings. The number of fused-ring (bicyclic) bond motifs is 1. The minimum absolute atomic E-state index is 0.0160. The molecule has 1 amide bonds. The Morgan fingerprint density at radius 3 is 2.58 bits per heavy atom. The molecule has 132 valence electrons. The number of nitrogens with one attached hydrogen (secondary N) is 1. The maximum atomic E-state index is 12.4. The Bertz CT molecular complexity index is 920.